The molecule has 2 amide bonds. The summed E-state index contributed by atoms with van der Waals surface area (Å²) in [6.07, 6.45) is 1.48. The number of nitrogens with two attached hydrogens (primary N) is 1. The van der Waals surface area contributed by atoms with Gasteiger partial charge in [0.2, 0.25) is 0 Å². The predicted octanol–water partition coefficient (Wildman–Crippen LogP) is 1.63. The Kier molecular flexibility index (Phi) is 6.11. The summed E-state index contributed by atoms with van der Waals surface area (Å²) in [6.45, 7) is 1.71. The predicted molar refractivity (Wildman–Crippen MR) is 93.9 cm³/mol. The fraction of sp³-hybridized carbons (Fsp3) is 0.167. The summed E-state index contributed by atoms with van der Waals surface area (Å²) in [5.74, 6) is -0.0617. The molecular formula is C18H19N3O4. The molecule has 7 nitrogen and oxygen atoms in total. The molecule has 0 aliphatic rings. The largest absolute Gasteiger partial charge is 0.493 e. The lowest BCUT2D eigenvalue weighted by molar-refractivity contribution is -0.119. The number of primary amides is 1. The molecule has 2 aromatic carbocycles. The molecule has 0 atom stereocenters. The van der Waals surface area contributed by atoms with Gasteiger partial charge < -0.3 is 15.2 Å². The molecule has 0 saturated heterocycles. The second-order valence-corrected chi connectivity index (χ2v) is 5.23. The van der Waals surface area contributed by atoms with E-state index in [-0.39, 0.29) is 12.5 Å². The number of carbonyl (C=O) groups is 2. The highest BCUT2D eigenvalue weighted by atomic mass is 16.5. The number of rotatable bonds is 7. The van der Waals surface area contributed by atoms with Crippen molar-refractivity contribution < 1.29 is 19.1 Å². The maximum Gasteiger partial charge on any atom is 0.271 e. The Bertz CT molecular complexity index is 785. The van der Waals surface area contributed by atoms with Crippen LogP contribution in [0.2, 0.25) is 0 Å². The first-order valence-electron chi connectivity index (χ1n) is 7.49. The zero-order chi connectivity index (χ0) is 18.2. The molecular weight excluding hydrogens is 322 g/mol. The number of benzene rings is 2. The molecule has 0 aliphatic heterocycles. The number of hydrogen-bond acceptors (Lipinski definition) is 5. The van der Waals surface area contributed by atoms with E-state index < -0.39 is 5.91 Å². The zero-order valence-corrected chi connectivity index (χ0v) is 14.0. The number of hydrazone groups is 1. The van der Waals surface area contributed by atoms with E-state index in [0.29, 0.717) is 22.6 Å². The van der Waals surface area contributed by atoms with Crippen LogP contribution in [0.1, 0.15) is 21.5 Å². The minimum atomic E-state index is -0.577. The maximum absolute atomic E-state index is 12.0. The second-order valence-electron chi connectivity index (χ2n) is 5.23. The number of carbonyl (C=O) groups excluding carboxylic acids is 2. The van der Waals surface area contributed by atoms with Crippen molar-refractivity contribution in [1.82, 2.24) is 5.43 Å². The Morgan fingerprint density at radius 2 is 1.88 bits per heavy atom. The van der Waals surface area contributed by atoms with E-state index in [4.69, 9.17) is 15.2 Å². The van der Waals surface area contributed by atoms with Crippen LogP contribution in [0.15, 0.2) is 47.6 Å². The molecule has 0 radical (unpaired) electrons. The third kappa shape index (κ3) is 5.35. The first-order chi connectivity index (χ1) is 12.0. The van der Waals surface area contributed by atoms with Crippen molar-refractivity contribution in [2.24, 2.45) is 10.8 Å². The molecule has 0 bridgehead atoms. The minimum absolute atomic E-state index is 0.240. The lowest BCUT2D eigenvalue weighted by Crippen LogP contribution is -2.20. The summed E-state index contributed by atoms with van der Waals surface area (Å²) >= 11 is 0. The van der Waals surface area contributed by atoms with Gasteiger partial charge in [-0.05, 0) is 42.8 Å². The average molecular weight is 341 g/mol. The standard InChI is InChI=1S/C18H19N3O4/c1-12-3-6-14(7-4-12)18(23)21-20-10-13-5-8-15(16(9-13)24-2)25-11-17(19)22/h3-10H,11H2,1-2H3,(H2,19,22)(H,21,23)/b20-10-. The summed E-state index contributed by atoms with van der Waals surface area (Å²) in [5.41, 5.74) is 9.79. The van der Waals surface area contributed by atoms with E-state index in [1.807, 2.05) is 19.1 Å². The Balaban J connectivity index is 2.01. The van der Waals surface area contributed by atoms with Crippen LogP contribution in [0.3, 0.4) is 0 Å². The summed E-state index contributed by atoms with van der Waals surface area (Å²) < 4.78 is 10.4. The van der Waals surface area contributed by atoms with Gasteiger partial charge in [-0.15, -0.1) is 0 Å². The van der Waals surface area contributed by atoms with Gasteiger partial charge in [-0.1, -0.05) is 17.7 Å². The van der Waals surface area contributed by atoms with E-state index >= 15 is 0 Å². The third-order valence-electron chi connectivity index (χ3n) is 3.25. The zero-order valence-electron chi connectivity index (χ0n) is 14.0. The molecule has 0 fully saturated rings. The first kappa shape index (κ1) is 18.0. The quantitative estimate of drug-likeness (QED) is 0.590. The van der Waals surface area contributed by atoms with Crippen LogP contribution in [-0.4, -0.2) is 31.7 Å². The molecule has 0 unspecified atom stereocenters. The molecule has 0 aromatic heterocycles. The van der Waals surface area contributed by atoms with Gasteiger partial charge in [0, 0.05) is 5.56 Å². The van der Waals surface area contributed by atoms with Crippen molar-refractivity contribution in [2.45, 2.75) is 6.92 Å². The minimum Gasteiger partial charge on any atom is -0.493 e. The molecule has 2 aromatic rings. The molecule has 0 spiro atoms. The van der Waals surface area contributed by atoms with Crippen LogP contribution < -0.4 is 20.6 Å². The first-order valence-corrected chi connectivity index (χ1v) is 7.49. The maximum atomic E-state index is 12.0. The van der Waals surface area contributed by atoms with Crippen molar-refractivity contribution in [3.63, 3.8) is 0 Å². The van der Waals surface area contributed by atoms with Crippen molar-refractivity contribution in [3.8, 4) is 11.5 Å². The number of amides is 2. The van der Waals surface area contributed by atoms with Crippen LogP contribution in [0.25, 0.3) is 0 Å². The molecule has 7 heteroatoms. The van der Waals surface area contributed by atoms with E-state index in [1.165, 1.54) is 13.3 Å². The van der Waals surface area contributed by atoms with Crippen LogP contribution in [0, 0.1) is 6.92 Å². The summed E-state index contributed by atoms with van der Waals surface area (Å²) in [4.78, 5) is 22.7. The van der Waals surface area contributed by atoms with E-state index in [9.17, 15) is 9.59 Å². The number of ether oxygens (including phenoxy) is 2. The van der Waals surface area contributed by atoms with Crippen LogP contribution >= 0.6 is 0 Å². The highest BCUT2D eigenvalue weighted by molar-refractivity contribution is 5.94. The molecule has 3 N–H and O–H groups in total. The van der Waals surface area contributed by atoms with Crippen molar-refractivity contribution in [1.29, 1.82) is 0 Å². The molecule has 0 saturated carbocycles. The smallest absolute Gasteiger partial charge is 0.271 e. The van der Waals surface area contributed by atoms with Crippen molar-refractivity contribution >= 4 is 18.0 Å². The van der Waals surface area contributed by atoms with E-state index in [0.717, 1.165) is 5.56 Å². The highest BCUT2D eigenvalue weighted by Gasteiger charge is 2.07. The Morgan fingerprint density at radius 3 is 2.52 bits per heavy atom. The SMILES string of the molecule is COc1cc(/C=N\NC(=O)c2ccc(C)cc2)ccc1OCC(N)=O. The monoisotopic (exact) mass is 341 g/mol. The van der Waals surface area contributed by atoms with Crippen molar-refractivity contribution in [3.05, 3.63) is 59.2 Å². The normalized spacial score (nSPS) is 10.5. The van der Waals surface area contributed by atoms with Crippen LogP contribution in [0.5, 0.6) is 11.5 Å². The van der Waals surface area contributed by atoms with Gasteiger partial charge in [-0.2, -0.15) is 5.10 Å². The number of nitrogens with one attached hydrogen (secondary N) is 1. The van der Waals surface area contributed by atoms with E-state index in [1.54, 1.807) is 30.3 Å². The lowest BCUT2D eigenvalue weighted by atomic mass is 10.1. The topological polar surface area (TPSA) is 103 Å². The van der Waals surface area contributed by atoms with Crippen LogP contribution in [0.4, 0.5) is 0 Å². The van der Waals surface area contributed by atoms with E-state index in [2.05, 4.69) is 10.5 Å². The molecule has 25 heavy (non-hydrogen) atoms. The Morgan fingerprint density at radius 1 is 1.16 bits per heavy atom. The van der Waals surface area contributed by atoms with Crippen LogP contribution in [-0.2, 0) is 4.79 Å². The molecule has 0 aliphatic carbocycles. The Labute approximate surface area is 145 Å². The highest BCUT2D eigenvalue weighted by Crippen LogP contribution is 2.27. The average Bonchev–Trinajstić information content (AvgIpc) is 2.60. The number of methoxy groups -OCH3 is 1. The van der Waals surface area contributed by atoms with Gasteiger partial charge in [0.15, 0.2) is 18.1 Å². The van der Waals surface area contributed by atoms with Gasteiger partial charge in [0.1, 0.15) is 0 Å². The van der Waals surface area contributed by atoms with Gasteiger partial charge in [0.25, 0.3) is 11.8 Å². The number of nitrogens with zero attached hydrogens (tertiary/aromatic N) is 1. The Hall–Kier alpha value is -3.35. The van der Waals surface area contributed by atoms with Gasteiger partial charge >= 0.3 is 0 Å². The fourth-order valence-corrected chi connectivity index (χ4v) is 1.97. The fourth-order valence-electron chi connectivity index (χ4n) is 1.97. The second kappa shape index (κ2) is 8.49. The molecule has 130 valence electrons. The summed E-state index contributed by atoms with van der Waals surface area (Å²) in [7, 11) is 1.48. The summed E-state index contributed by atoms with van der Waals surface area (Å²) in [5, 5.41) is 3.92. The number of hydrogen-bond donors (Lipinski definition) is 2. The van der Waals surface area contributed by atoms with Crippen molar-refractivity contribution in [2.75, 3.05) is 13.7 Å². The van der Waals surface area contributed by atoms with Gasteiger partial charge in [-0.3, -0.25) is 9.59 Å². The van der Waals surface area contributed by atoms with Gasteiger partial charge in [-0.25, -0.2) is 5.43 Å². The lowest BCUT2D eigenvalue weighted by Gasteiger charge is -2.09. The summed E-state index contributed by atoms with van der Waals surface area (Å²) in [6, 6.07) is 12.2. The van der Waals surface area contributed by atoms with Gasteiger partial charge in [0.05, 0.1) is 13.3 Å². The molecule has 2 rings (SSSR count). The number of aryl methyl sites for hydroxylation is 1. The third-order valence-corrected chi connectivity index (χ3v) is 3.25. The molecule has 0 heterocycles.